The fourth-order valence-corrected chi connectivity index (χ4v) is 2.93. The normalized spacial score (nSPS) is 11.5. The Morgan fingerprint density at radius 1 is 1.11 bits per heavy atom. The first kappa shape index (κ1) is 19.2. The SMILES string of the molecule is COc1ccc(C(C(=O)NCc2ccccc2)N(C=O)Cc2ccco2)cc1. The number of hydrogen-bond acceptors (Lipinski definition) is 4. The van der Waals surface area contributed by atoms with Crippen molar-refractivity contribution in [1.82, 2.24) is 10.2 Å². The molecule has 0 radical (unpaired) electrons. The van der Waals surface area contributed by atoms with Crippen LogP contribution in [-0.2, 0) is 22.7 Å². The number of methoxy groups -OCH3 is 1. The molecule has 0 spiro atoms. The largest absolute Gasteiger partial charge is 0.497 e. The molecule has 0 aliphatic heterocycles. The molecule has 28 heavy (non-hydrogen) atoms. The van der Waals surface area contributed by atoms with Crippen LogP contribution in [0.25, 0.3) is 0 Å². The molecular formula is C22H22N2O4. The van der Waals surface area contributed by atoms with Gasteiger partial charge < -0.3 is 19.4 Å². The van der Waals surface area contributed by atoms with E-state index in [0.29, 0.717) is 30.0 Å². The third-order valence-corrected chi connectivity index (χ3v) is 4.38. The Kier molecular flexibility index (Phi) is 6.46. The van der Waals surface area contributed by atoms with Crippen LogP contribution in [0.15, 0.2) is 77.4 Å². The Balaban J connectivity index is 1.83. The van der Waals surface area contributed by atoms with Crippen LogP contribution in [0, 0.1) is 0 Å². The lowest BCUT2D eigenvalue weighted by Crippen LogP contribution is -2.39. The predicted molar refractivity (Wildman–Crippen MR) is 104 cm³/mol. The van der Waals surface area contributed by atoms with Crippen molar-refractivity contribution in [2.75, 3.05) is 7.11 Å². The van der Waals surface area contributed by atoms with Gasteiger partial charge in [0.2, 0.25) is 12.3 Å². The van der Waals surface area contributed by atoms with Crippen LogP contribution in [0.2, 0.25) is 0 Å². The molecule has 0 saturated heterocycles. The summed E-state index contributed by atoms with van der Waals surface area (Å²) in [6.45, 7) is 0.561. The van der Waals surface area contributed by atoms with Gasteiger partial charge in [0.1, 0.15) is 17.6 Å². The van der Waals surface area contributed by atoms with Gasteiger partial charge in [0.25, 0.3) is 0 Å². The summed E-state index contributed by atoms with van der Waals surface area (Å²) in [6, 6.07) is 19.4. The molecule has 3 rings (SSSR count). The van der Waals surface area contributed by atoms with Crippen molar-refractivity contribution in [3.8, 4) is 5.75 Å². The summed E-state index contributed by atoms with van der Waals surface area (Å²) in [7, 11) is 1.58. The lowest BCUT2D eigenvalue weighted by molar-refractivity contribution is -0.134. The summed E-state index contributed by atoms with van der Waals surface area (Å²) in [5.74, 6) is 1.00. The highest BCUT2D eigenvalue weighted by molar-refractivity contribution is 5.85. The van der Waals surface area contributed by atoms with Gasteiger partial charge in [-0.05, 0) is 35.4 Å². The fourth-order valence-electron chi connectivity index (χ4n) is 2.93. The summed E-state index contributed by atoms with van der Waals surface area (Å²) in [5, 5.41) is 2.92. The van der Waals surface area contributed by atoms with Crippen LogP contribution in [0.3, 0.4) is 0 Å². The van der Waals surface area contributed by atoms with Crippen LogP contribution in [-0.4, -0.2) is 24.3 Å². The molecule has 1 N–H and O–H groups in total. The Morgan fingerprint density at radius 3 is 2.46 bits per heavy atom. The lowest BCUT2D eigenvalue weighted by Gasteiger charge is -2.27. The second-order valence-electron chi connectivity index (χ2n) is 6.24. The zero-order chi connectivity index (χ0) is 19.8. The second kappa shape index (κ2) is 9.41. The first-order valence-electron chi connectivity index (χ1n) is 8.90. The monoisotopic (exact) mass is 378 g/mol. The zero-order valence-electron chi connectivity index (χ0n) is 15.6. The topological polar surface area (TPSA) is 71.8 Å². The second-order valence-corrected chi connectivity index (χ2v) is 6.24. The molecular weight excluding hydrogens is 356 g/mol. The maximum atomic E-state index is 13.0. The molecule has 3 aromatic rings. The van der Waals surface area contributed by atoms with Crippen molar-refractivity contribution in [1.29, 1.82) is 0 Å². The number of ether oxygens (including phenoxy) is 1. The average Bonchev–Trinajstić information content (AvgIpc) is 3.26. The number of nitrogens with one attached hydrogen (secondary N) is 1. The number of hydrogen-bond donors (Lipinski definition) is 1. The molecule has 0 aliphatic rings. The Labute approximate surface area is 163 Å². The Hall–Kier alpha value is -3.54. The van der Waals surface area contributed by atoms with Crippen molar-refractivity contribution in [3.63, 3.8) is 0 Å². The van der Waals surface area contributed by atoms with Crippen molar-refractivity contribution in [3.05, 3.63) is 89.9 Å². The molecule has 2 aromatic carbocycles. The maximum absolute atomic E-state index is 13.0. The number of carbonyl (C=O) groups excluding carboxylic acids is 2. The molecule has 2 amide bonds. The van der Waals surface area contributed by atoms with E-state index in [4.69, 9.17) is 9.15 Å². The maximum Gasteiger partial charge on any atom is 0.247 e. The average molecular weight is 378 g/mol. The van der Waals surface area contributed by atoms with E-state index in [1.165, 1.54) is 11.2 Å². The van der Waals surface area contributed by atoms with Gasteiger partial charge in [0, 0.05) is 6.54 Å². The third-order valence-electron chi connectivity index (χ3n) is 4.38. The highest BCUT2D eigenvalue weighted by Crippen LogP contribution is 2.24. The fraction of sp³-hybridized carbons (Fsp3) is 0.182. The van der Waals surface area contributed by atoms with Crippen molar-refractivity contribution in [2.24, 2.45) is 0 Å². The van der Waals surface area contributed by atoms with Gasteiger partial charge in [-0.3, -0.25) is 9.59 Å². The predicted octanol–water partition coefficient (Wildman–Crippen LogP) is 3.30. The summed E-state index contributed by atoms with van der Waals surface area (Å²) < 4.78 is 10.5. The van der Waals surface area contributed by atoms with E-state index >= 15 is 0 Å². The Bertz CT molecular complexity index is 877. The van der Waals surface area contributed by atoms with Gasteiger partial charge in [0.15, 0.2) is 0 Å². The van der Waals surface area contributed by atoms with Gasteiger partial charge >= 0.3 is 0 Å². The molecule has 144 valence electrons. The molecule has 1 unspecified atom stereocenters. The Morgan fingerprint density at radius 2 is 1.86 bits per heavy atom. The van der Waals surface area contributed by atoms with Crippen LogP contribution >= 0.6 is 0 Å². The minimum Gasteiger partial charge on any atom is -0.497 e. The number of amides is 2. The summed E-state index contributed by atoms with van der Waals surface area (Å²) in [4.78, 5) is 26.3. The number of furan rings is 1. The van der Waals surface area contributed by atoms with E-state index in [1.807, 2.05) is 30.3 Å². The molecule has 1 heterocycles. The molecule has 6 heteroatoms. The smallest absolute Gasteiger partial charge is 0.247 e. The molecule has 1 atom stereocenters. The number of nitrogens with zero attached hydrogens (tertiary/aromatic N) is 1. The molecule has 1 aromatic heterocycles. The zero-order valence-corrected chi connectivity index (χ0v) is 15.6. The number of rotatable bonds is 9. The molecule has 0 bridgehead atoms. The van der Waals surface area contributed by atoms with Crippen molar-refractivity contribution in [2.45, 2.75) is 19.1 Å². The standard InChI is InChI=1S/C22H22N2O4/c1-27-19-11-9-18(10-12-19)21(24(16-25)15-20-8-5-13-28-20)22(26)23-14-17-6-3-2-4-7-17/h2-13,16,21H,14-15H2,1H3,(H,23,26). The minimum atomic E-state index is -0.794. The summed E-state index contributed by atoms with van der Waals surface area (Å²) >= 11 is 0. The third kappa shape index (κ3) is 4.79. The van der Waals surface area contributed by atoms with Crippen LogP contribution in [0.5, 0.6) is 5.75 Å². The number of carbonyl (C=O) groups is 2. The molecule has 0 aliphatic carbocycles. The van der Waals surface area contributed by atoms with E-state index in [0.717, 1.165) is 5.56 Å². The van der Waals surface area contributed by atoms with Crippen LogP contribution in [0.4, 0.5) is 0 Å². The van der Waals surface area contributed by atoms with E-state index < -0.39 is 6.04 Å². The van der Waals surface area contributed by atoms with Gasteiger partial charge in [-0.2, -0.15) is 0 Å². The minimum absolute atomic E-state index is 0.186. The van der Waals surface area contributed by atoms with Crippen molar-refractivity contribution >= 4 is 12.3 Å². The molecule has 0 saturated carbocycles. The summed E-state index contributed by atoms with van der Waals surface area (Å²) in [6.07, 6.45) is 2.20. The van der Waals surface area contributed by atoms with E-state index in [2.05, 4.69) is 5.32 Å². The van der Waals surface area contributed by atoms with Crippen LogP contribution in [0.1, 0.15) is 22.9 Å². The molecule has 0 fully saturated rings. The van der Waals surface area contributed by atoms with Gasteiger partial charge in [-0.25, -0.2) is 0 Å². The molecule has 6 nitrogen and oxygen atoms in total. The highest BCUT2D eigenvalue weighted by atomic mass is 16.5. The highest BCUT2D eigenvalue weighted by Gasteiger charge is 2.27. The van der Waals surface area contributed by atoms with Gasteiger partial charge in [-0.15, -0.1) is 0 Å². The van der Waals surface area contributed by atoms with Crippen molar-refractivity contribution < 1.29 is 18.7 Å². The lowest BCUT2D eigenvalue weighted by atomic mass is 10.0. The van der Waals surface area contributed by atoms with E-state index in [-0.39, 0.29) is 12.5 Å². The van der Waals surface area contributed by atoms with E-state index in [9.17, 15) is 9.59 Å². The van der Waals surface area contributed by atoms with Gasteiger partial charge in [0.05, 0.1) is 19.9 Å². The van der Waals surface area contributed by atoms with E-state index in [1.54, 1.807) is 43.5 Å². The van der Waals surface area contributed by atoms with Crippen LogP contribution < -0.4 is 10.1 Å². The number of benzene rings is 2. The first-order chi connectivity index (χ1) is 13.7. The first-order valence-corrected chi connectivity index (χ1v) is 8.90. The summed E-state index contributed by atoms with van der Waals surface area (Å²) in [5.41, 5.74) is 1.66. The quantitative estimate of drug-likeness (QED) is 0.580. The van der Waals surface area contributed by atoms with Gasteiger partial charge in [-0.1, -0.05) is 42.5 Å².